The van der Waals surface area contributed by atoms with Gasteiger partial charge in [0.05, 0.1) is 11.3 Å². The molecule has 2 aromatic rings. The molecule has 0 fully saturated rings. The maximum Gasteiger partial charge on any atom is 0.253 e. The van der Waals surface area contributed by atoms with E-state index < -0.39 is 0 Å². The molecule has 0 aliphatic rings. The second-order valence-electron chi connectivity index (χ2n) is 6.11. The van der Waals surface area contributed by atoms with Crippen LogP contribution in [0.25, 0.3) is 0 Å². The average Bonchev–Trinajstić information content (AvgIpc) is 2.61. The molecular weight excluding hydrogens is 371 g/mol. The second-order valence-corrected chi connectivity index (χ2v) is 6.96. The summed E-state index contributed by atoms with van der Waals surface area (Å²) in [6.07, 6.45) is 1.58. The number of aryl methyl sites for hydroxylation is 1. The quantitative estimate of drug-likeness (QED) is 0.688. The van der Waals surface area contributed by atoms with Crippen LogP contribution in [-0.4, -0.2) is 17.9 Å². The van der Waals surface area contributed by atoms with Crippen LogP contribution >= 0.6 is 23.2 Å². The summed E-state index contributed by atoms with van der Waals surface area (Å²) in [4.78, 5) is 24.7. The fraction of sp³-hybridized carbons (Fsp3) is 0.300. The minimum Gasteiger partial charge on any atom is -0.350 e. The molecule has 6 heteroatoms. The van der Waals surface area contributed by atoms with Crippen LogP contribution in [0.5, 0.6) is 0 Å². The number of amides is 2. The van der Waals surface area contributed by atoms with Crippen LogP contribution < -0.4 is 10.6 Å². The number of carbonyl (C=O) groups is 2. The number of anilines is 1. The summed E-state index contributed by atoms with van der Waals surface area (Å²) in [5.74, 6) is -0.379. The van der Waals surface area contributed by atoms with E-state index in [-0.39, 0.29) is 24.3 Å². The van der Waals surface area contributed by atoms with Crippen LogP contribution in [0.4, 0.5) is 5.69 Å². The van der Waals surface area contributed by atoms with Crippen LogP contribution in [0, 0.1) is 0 Å². The number of halogens is 2. The van der Waals surface area contributed by atoms with Gasteiger partial charge < -0.3 is 10.6 Å². The highest BCUT2D eigenvalue weighted by Gasteiger charge is 2.14. The molecule has 0 bridgehead atoms. The zero-order chi connectivity index (χ0) is 19.1. The van der Waals surface area contributed by atoms with Gasteiger partial charge in [0.1, 0.15) is 0 Å². The Morgan fingerprint density at radius 2 is 1.85 bits per heavy atom. The van der Waals surface area contributed by atoms with Crippen molar-refractivity contribution in [1.29, 1.82) is 0 Å². The number of para-hydroxylation sites is 1. The predicted octanol–water partition coefficient (Wildman–Crippen LogP) is 5.09. The SMILES string of the molecule is CCC(C)NC(=O)c1ccccc1NC(=O)CCc1ccc(Cl)cc1Cl. The standard InChI is InChI=1S/C20H22Cl2N2O2/c1-3-13(2)23-20(26)16-6-4-5-7-18(16)24-19(25)11-9-14-8-10-15(21)12-17(14)22/h4-8,10,12-13H,3,9,11H2,1-2H3,(H,23,26)(H,24,25). The summed E-state index contributed by atoms with van der Waals surface area (Å²) in [6, 6.07) is 12.3. The van der Waals surface area contributed by atoms with Gasteiger partial charge in [0.2, 0.25) is 5.91 Å². The van der Waals surface area contributed by atoms with Gasteiger partial charge in [-0.3, -0.25) is 9.59 Å². The third-order valence-electron chi connectivity index (χ3n) is 4.07. The Hall–Kier alpha value is -2.04. The first-order chi connectivity index (χ1) is 12.4. The Balaban J connectivity index is 2.01. The van der Waals surface area contributed by atoms with Gasteiger partial charge >= 0.3 is 0 Å². The molecule has 138 valence electrons. The lowest BCUT2D eigenvalue weighted by molar-refractivity contribution is -0.116. The maximum absolute atomic E-state index is 12.4. The van der Waals surface area contributed by atoms with E-state index in [9.17, 15) is 9.59 Å². The Morgan fingerprint density at radius 3 is 2.54 bits per heavy atom. The minimum absolute atomic E-state index is 0.0679. The molecule has 0 spiro atoms. The molecule has 2 amide bonds. The van der Waals surface area contributed by atoms with Crippen molar-refractivity contribution >= 4 is 40.7 Å². The van der Waals surface area contributed by atoms with E-state index in [1.54, 1.807) is 36.4 Å². The van der Waals surface area contributed by atoms with Crippen LogP contribution in [0.1, 0.15) is 42.6 Å². The van der Waals surface area contributed by atoms with Crippen molar-refractivity contribution in [3.8, 4) is 0 Å². The van der Waals surface area contributed by atoms with Crippen molar-refractivity contribution in [3.63, 3.8) is 0 Å². The average molecular weight is 393 g/mol. The normalized spacial score (nSPS) is 11.7. The van der Waals surface area contributed by atoms with E-state index in [2.05, 4.69) is 10.6 Å². The van der Waals surface area contributed by atoms with Crippen molar-refractivity contribution in [1.82, 2.24) is 5.32 Å². The van der Waals surface area contributed by atoms with E-state index in [1.807, 2.05) is 19.9 Å². The molecule has 0 aliphatic carbocycles. The van der Waals surface area contributed by atoms with Crippen molar-refractivity contribution in [2.75, 3.05) is 5.32 Å². The van der Waals surface area contributed by atoms with Gasteiger partial charge in [-0.15, -0.1) is 0 Å². The number of nitrogens with one attached hydrogen (secondary N) is 2. The first kappa shape index (κ1) is 20.3. The van der Waals surface area contributed by atoms with Gasteiger partial charge in [0, 0.05) is 22.5 Å². The molecule has 2 rings (SSSR count). The molecule has 4 nitrogen and oxygen atoms in total. The maximum atomic E-state index is 12.4. The summed E-state index contributed by atoms with van der Waals surface area (Å²) in [5.41, 5.74) is 1.81. The minimum atomic E-state index is -0.198. The molecule has 2 aromatic carbocycles. The molecule has 0 saturated heterocycles. The zero-order valence-corrected chi connectivity index (χ0v) is 16.3. The lowest BCUT2D eigenvalue weighted by Gasteiger charge is -2.14. The smallest absolute Gasteiger partial charge is 0.253 e. The van der Waals surface area contributed by atoms with E-state index >= 15 is 0 Å². The Bertz CT molecular complexity index is 793. The van der Waals surface area contributed by atoms with E-state index in [1.165, 1.54) is 0 Å². The highest BCUT2D eigenvalue weighted by Crippen LogP contribution is 2.22. The van der Waals surface area contributed by atoms with E-state index in [0.717, 1.165) is 12.0 Å². The summed E-state index contributed by atoms with van der Waals surface area (Å²) in [5, 5.41) is 6.82. The predicted molar refractivity (Wildman–Crippen MR) is 107 cm³/mol. The Labute approximate surface area is 163 Å². The topological polar surface area (TPSA) is 58.2 Å². The van der Waals surface area contributed by atoms with Gasteiger partial charge in [0.25, 0.3) is 5.91 Å². The first-order valence-electron chi connectivity index (χ1n) is 8.54. The molecule has 1 unspecified atom stereocenters. The van der Waals surface area contributed by atoms with Gasteiger partial charge in [0.15, 0.2) is 0 Å². The van der Waals surface area contributed by atoms with Crippen molar-refractivity contribution in [2.45, 2.75) is 39.2 Å². The number of benzene rings is 2. The summed E-state index contributed by atoms with van der Waals surface area (Å²) >= 11 is 12.0. The molecule has 0 saturated carbocycles. The second kappa shape index (κ2) is 9.60. The molecule has 26 heavy (non-hydrogen) atoms. The van der Waals surface area contributed by atoms with E-state index in [4.69, 9.17) is 23.2 Å². The van der Waals surface area contributed by atoms with Crippen molar-refractivity contribution in [3.05, 3.63) is 63.6 Å². The third kappa shape index (κ3) is 5.75. The van der Waals surface area contributed by atoms with Gasteiger partial charge in [-0.25, -0.2) is 0 Å². The molecule has 0 radical (unpaired) electrons. The largest absolute Gasteiger partial charge is 0.350 e. The first-order valence-corrected chi connectivity index (χ1v) is 9.30. The summed E-state index contributed by atoms with van der Waals surface area (Å²) in [6.45, 7) is 3.94. The highest BCUT2D eigenvalue weighted by atomic mass is 35.5. The van der Waals surface area contributed by atoms with Crippen molar-refractivity contribution < 1.29 is 9.59 Å². The number of carbonyl (C=O) groups excluding carboxylic acids is 2. The van der Waals surface area contributed by atoms with E-state index in [0.29, 0.717) is 27.7 Å². The molecule has 0 aromatic heterocycles. The van der Waals surface area contributed by atoms with Gasteiger partial charge in [-0.05, 0) is 49.6 Å². The molecule has 0 aliphatic heterocycles. The fourth-order valence-electron chi connectivity index (χ4n) is 2.38. The lowest BCUT2D eigenvalue weighted by Crippen LogP contribution is -2.32. The van der Waals surface area contributed by atoms with Crippen LogP contribution in [-0.2, 0) is 11.2 Å². The van der Waals surface area contributed by atoms with Crippen LogP contribution in [0.3, 0.4) is 0 Å². The van der Waals surface area contributed by atoms with Crippen molar-refractivity contribution in [2.24, 2.45) is 0 Å². The molecule has 0 heterocycles. The monoisotopic (exact) mass is 392 g/mol. The van der Waals surface area contributed by atoms with Crippen LogP contribution in [0.2, 0.25) is 10.0 Å². The summed E-state index contributed by atoms with van der Waals surface area (Å²) in [7, 11) is 0. The number of hydrogen-bond acceptors (Lipinski definition) is 2. The van der Waals surface area contributed by atoms with Gasteiger partial charge in [-0.2, -0.15) is 0 Å². The highest BCUT2D eigenvalue weighted by molar-refractivity contribution is 6.35. The number of hydrogen-bond donors (Lipinski definition) is 2. The zero-order valence-electron chi connectivity index (χ0n) is 14.8. The molecule has 1 atom stereocenters. The lowest BCUT2D eigenvalue weighted by atomic mass is 10.1. The van der Waals surface area contributed by atoms with Crippen LogP contribution in [0.15, 0.2) is 42.5 Å². The Morgan fingerprint density at radius 1 is 1.12 bits per heavy atom. The Kier molecular flexibility index (Phi) is 7.49. The molecular formula is C20H22Cl2N2O2. The molecule has 2 N–H and O–H groups in total. The van der Waals surface area contributed by atoms with Gasteiger partial charge in [-0.1, -0.05) is 48.3 Å². The number of rotatable bonds is 7. The third-order valence-corrected chi connectivity index (χ3v) is 4.66. The summed E-state index contributed by atoms with van der Waals surface area (Å²) < 4.78 is 0. The fourth-order valence-corrected chi connectivity index (χ4v) is 2.88.